The molecule has 0 radical (unpaired) electrons. The Balaban J connectivity index is 1.78. The van der Waals surface area contributed by atoms with E-state index in [1.54, 1.807) is 25.3 Å². The predicted molar refractivity (Wildman–Crippen MR) is 112 cm³/mol. The van der Waals surface area contributed by atoms with Crippen LogP contribution in [0.5, 0.6) is 5.75 Å². The third-order valence-corrected chi connectivity index (χ3v) is 5.42. The number of rotatable bonds is 5. The van der Waals surface area contributed by atoms with Crippen LogP contribution in [-0.4, -0.2) is 38.0 Å². The number of esters is 1. The summed E-state index contributed by atoms with van der Waals surface area (Å²) < 4.78 is 5.59. The summed E-state index contributed by atoms with van der Waals surface area (Å²) in [5.41, 5.74) is -0.860. The van der Waals surface area contributed by atoms with Gasteiger partial charge in [0.05, 0.1) is 26.4 Å². The molecule has 1 amide bonds. The number of likely N-dealkylation sites (N-methyl/N-ethyl adjacent to an activating group) is 1. The Kier molecular flexibility index (Phi) is 5.89. The molecule has 0 aromatic heterocycles. The molecule has 0 saturated carbocycles. The van der Waals surface area contributed by atoms with E-state index >= 15 is 0 Å². The minimum Gasteiger partial charge on any atom is -0.423 e. The summed E-state index contributed by atoms with van der Waals surface area (Å²) in [6.45, 7) is 0. The molecule has 1 fully saturated rings. The first kappa shape index (κ1) is 21.1. The van der Waals surface area contributed by atoms with E-state index in [-0.39, 0.29) is 17.2 Å². The molecule has 2 aromatic rings. The Morgan fingerprint density at radius 1 is 1.10 bits per heavy atom. The number of ether oxygens (including phenoxy) is 1. The van der Waals surface area contributed by atoms with Gasteiger partial charge in [-0.25, -0.2) is 4.79 Å². The van der Waals surface area contributed by atoms with Crippen LogP contribution < -0.4 is 4.74 Å². The van der Waals surface area contributed by atoms with E-state index in [0.717, 1.165) is 18.2 Å². The molecule has 12 heteroatoms. The van der Waals surface area contributed by atoms with Gasteiger partial charge in [0.25, 0.3) is 17.3 Å². The van der Waals surface area contributed by atoms with Crippen molar-refractivity contribution < 1.29 is 24.2 Å². The Bertz CT molecular complexity index is 1100. The molecule has 10 nitrogen and oxygen atoms in total. The molecule has 1 saturated heterocycles. The zero-order chi connectivity index (χ0) is 22.0. The molecule has 1 aliphatic rings. The second kappa shape index (κ2) is 8.39. The molecule has 0 bridgehead atoms. The van der Waals surface area contributed by atoms with Crippen molar-refractivity contribution in [3.63, 3.8) is 0 Å². The maximum absolute atomic E-state index is 12.3. The third kappa shape index (κ3) is 4.50. The summed E-state index contributed by atoms with van der Waals surface area (Å²) in [7, 11) is 1.58. The molecule has 152 valence electrons. The minimum absolute atomic E-state index is 0.120. The van der Waals surface area contributed by atoms with Gasteiger partial charge in [-0.05, 0) is 23.8 Å². The van der Waals surface area contributed by atoms with E-state index in [9.17, 15) is 29.8 Å². The number of carbonyl (C=O) groups is 2. The fourth-order valence-electron chi connectivity index (χ4n) is 2.42. The van der Waals surface area contributed by atoms with E-state index < -0.39 is 27.2 Å². The number of nitro benzene ring substituents is 2. The summed E-state index contributed by atoms with van der Waals surface area (Å²) in [6, 6.07) is 8.67. The topological polar surface area (TPSA) is 133 Å². The van der Waals surface area contributed by atoms with Gasteiger partial charge in [0.15, 0.2) is 0 Å². The standard InChI is InChI=1S/C18H11N3O7S2/c1-19-16(22)15(30-18(19)29)6-10-2-4-14(5-3-10)28-17(23)11-7-12(20(24)25)9-13(8-11)21(26)27/h2-9H,1H3/b15-6-. The SMILES string of the molecule is CN1C(=O)/C(=C/c2ccc(OC(=O)c3cc([N+](=O)[O-])cc([N+](=O)[O-])c3)cc2)SC1=S. The fourth-order valence-corrected chi connectivity index (χ4v) is 3.60. The van der Waals surface area contributed by atoms with E-state index in [1.165, 1.54) is 28.8 Å². The highest BCUT2D eigenvalue weighted by molar-refractivity contribution is 8.26. The molecule has 0 N–H and O–H groups in total. The summed E-state index contributed by atoms with van der Waals surface area (Å²) in [5, 5.41) is 21.9. The van der Waals surface area contributed by atoms with Gasteiger partial charge < -0.3 is 4.74 Å². The van der Waals surface area contributed by atoms with Gasteiger partial charge in [-0.15, -0.1) is 0 Å². The Morgan fingerprint density at radius 3 is 2.13 bits per heavy atom. The van der Waals surface area contributed by atoms with E-state index in [1.807, 2.05) is 0 Å². The van der Waals surface area contributed by atoms with Crippen LogP contribution >= 0.6 is 24.0 Å². The van der Waals surface area contributed by atoms with Crippen LogP contribution in [0.15, 0.2) is 47.4 Å². The van der Waals surface area contributed by atoms with Gasteiger partial charge >= 0.3 is 5.97 Å². The summed E-state index contributed by atoms with van der Waals surface area (Å²) in [5.74, 6) is -1.08. The summed E-state index contributed by atoms with van der Waals surface area (Å²) in [6.07, 6.45) is 1.64. The molecule has 0 unspecified atom stereocenters. The van der Waals surface area contributed by atoms with Gasteiger partial charge in [-0.1, -0.05) is 36.1 Å². The van der Waals surface area contributed by atoms with Crippen LogP contribution in [0.4, 0.5) is 11.4 Å². The summed E-state index contributed by atoms with van der Waals surface area (Å²) in [4.78, 5) is 46.3. The van der Waals surface area contributed by atoms with Crippen molar-refractivity contribution in [3.05, 3.63) is 78.7 Å². The second-order valence-corrected chi connectivity index (χ2v) is 7.63. The number of non-ortho nitro benzene ring substituents is 2. The zero-order valence-corrected chi connectivity index (χ0v) is 16.8. The first-order chi connectivity index (χ1) is 14.2. The lowest BCUT2D eigenvalue weighted by molar-refractivity contribution is -0.394. The zero-order valence-electron chi connectivity index (χ0n) is 15.1. The number of benzene rings is 2. The van der Waals surface area contributed by atoms with Crippen LogP contribution in [-0.2, 0) is 4.79 Å². The van der Waals surface area contributed by atoms with Crippen LogP contribution in [0.2, 0.25) is 0 Å². The predicted octanol–water partition coefficient (Wildman–Crippen LogP) is 3.55. The van der Waals surface area contributed by atoms with E-state index in [2.05, 4.69) is 0 Å². The normalized spacial score (nSPS) is 14.8. The maximum Gasteiger partial charge on any atom is 0.344 e. The van der Waals surface area contributed by atoms with Crippen LogP contribution in [0.3, 0.4) is 0 Å². The Hall–Kier alpha value is -3.64. The average Bonchev–Trinajstić information content (AvgIpc) is 2.95. The van der Waals surface area contributed by atoms with Crippen molar-refractivity contribution in [2.45, 2.75) is 0 Å². The van der Waals surface area contributed by atoms with Crippen LogP contribution in [0.25, 0.3) is 6.08 Å². The van der Waals surface area contributed by atoms with Gasteiger partial charge in [0.1, 0.15) is 10.1 Å². The first-order valence-corrected chi connectivity index (χ1v) is 9.36. The third-order valence-electron chi connectivity index (χ3n) is 3.93. The minimum atomic E-state index is -0.985. The number of thioether (sulfide) groups is 1. The van der Waals surface area contributed by atoms with Crippen molar-refractivity contribution in [2.75, 3.05) is 7.05 Å². The van der Waals surface area contributed by atoms with Crippen LogP contribution in [0, 0.1) is 20.2 Å². The number of nitro groups is 2. The number of hydrogen-bond acceptors (Lipinski definition) is 9. The largest absolute Gasteiger partial charge is 0.423 e. The smallest absolute Gasteiger partial charge is 0.344 e. The molecule has 0 atom stereocenters. The van der Waals surface area contributed by atoms with Gasteiger partial charge in [0.2, 0.25) is 0 Å². The highest BCUT2D eigenvalue weighted by atomic mass is 32.2. The number of nitrogens with zero attached hydrogens (tertiary/aromatic N) is 3. The Labute approximate surface area is 178 Å². The van der Waals surface area contributed by atoms with Gasteiger partial charge in [-0.3, -0.25) is 29.9 Å². The second-order valence-electron chi connectivity index (χ2n) is 5.95. The number of thiocarbonyl (C=S) groups is 1. The highest BCUT2D eigenvalue weighted by Gasteiger charge is 2.28. The molecular formula is C18H11N3O7S2. The maximum atomic E-state index is 12.3. The van der Waals surface area contributed by atoms with Crippen molar-refractivity contribution in [3.8, 4) is 5.75 Å². The van der Waals surface area contributed by atoms with Crippen molar-refractivity contribution in [1.29, 1.82) is 0 Å². The van der Waals surface area contributed by atoms with Crippen LogP contribution in [0.1, 0.15) is 15.9 Å². The van der Waals surface area contributed by atoms with Crippen molar-refractivity contribution in [2.24, 2.45) is 0 Å². The lowest BCUT2D eigenvalue weighted by Gasteiger charge is -2.05. The monoisotopic (exact) mass is 445 g/mol. The van der Waals surface area contributed by atoms with Gasteiger partial charge in [0, 0.05) is 19.2 Å². The molecule has 3 rings (SSSR count). The fraction of sp³-hybridized carbons (Fsp3) is 0.0556. The molecule has 0 aliphatic carbocycles. The Morgan fingerprint density at radius 2 is 1.67 bits per heavy atom. The molecule has 1 heterocycles. The average molecular weight is 445 g/mol. The highest BCUT2D eigenvalue weighted by Crippen LogP contribution is 2.31. The van der Waals surface area contributed by atoms with E-state index in [0.29, 0.717) is 14.8 Å². The quantitative estimate of drug-likeness (QED) is 0.169. The molecule has 30 heavy (non-hydrogen) atoms. The number of hydrogen-bond donors (Lipinski definition) is 0. The number of amides is 1. The summed E-state index contributed by atoms with van der Waals surface area (Å²) >= 11 is 6.23. The lowest BCUT2D eigenvalue weighted by Crippen LogP contribution is -2.22. The number of carbonyl (C=O) groups excluding carboxylic acids is 2. The molecule has 1 aliphatic heterocycles. The molecular weight excluding hydrogens is 434 g/mol. The molecule has 2 aromatic carbocycles. The lowest BCUT2D eigenvalue weighted by atomic mass is 10.1. The first-order valence-electron chi connectivity index (χ1n) is 8.13. The van der Waals surface area contributed by atoms with Crippen molar-refractivity contribution in [1.82, 2.24) is 4.90 Å². The van der Waals surface area contributed by atoms with Gasteiger partial charge in [-0.2, -0.15) is 0 Å². The van der Waals surface area contributed by atoms with E-state index in [4.69, 9.17) is 17.0 Å². The molecule has 0 spiro atoms. The van der Waals surface area contributed by atoms with Crippen molar-refractivity contribution >= 4 is 57.6 Å².